The molecule has 0 saturated heterocycles. The van der Waals surface area contributed by atoms with Crippen molar-refractivity contribution in [2.75, 3.05) is 19.5 Å². The standard InChI is InChI=1S/C27H23N3O3/c1-30-25(17-11-13-20(33-2)14-12-17)24(21-8-4-5-9-22(21)27(30)32)26(31)29-19-15-18-7-3-6-10-23(18)28-16-19/h3-16,24-25H,1-2H3,(H,29,31)/t24-,25+/m0/s1. The average molecular weight is 437 g/mol. The van der Waals surface area contributed by atoms with Crippen LogP contribution in [0.25, 0.3) is 10.9 Å². The topological polar surface area (TPSA) is 71.5 Å². The number of anilines is 1. The molecule has 6 nitrogen and oxygen atoms in total. The smallest absolute Gasteiger partial charge is 0.254 e. The summed E-state index contributed by atoms with van der Waals surface area (Å²) in [5.41, 5.74) is 3.59. The van der Waals surface area contributed by atoms with Gasteiger partial charge in [-0.15, -0.1) is 0 Å². The number of nitrogens with one attached hydrogen (secondary N) is 1. The monoisotopic (exact) mass is 437 g/mol. The molecular weight excluding hydrogens is 414 g/mol. The predicted molar refractivity (Wildman–Crippen MR) is 127 cm³/mol. The molecule has 4 aromatic rings. The summed E-state index contributed by atoms with van der Waals surface area (Å²) in [4.78, 5) is 33.0. The Hall–Kier alpha value is -4.19. The van der Waals surface area contributed by atoms with E-state index in [0.717, 1.165) is 16.5 Å². The molecule has 2 amide bonds. The molecule has 0 unspecified atom stereocenters. The van der Waals surface area contributed by atoms with E-state index in [0.29, 0.717) is 22.6 Å². The zero-order chi connectivity index (χ0) is 22.9. The minimum absolute atomic E-state index is 0.108. The number of carbonyl (C=O) groups excluding carboxylic acids is 2. The number of amides is 2. The molecule has 0 spiro atoms. The molecule has 0 aliphatic carbocycles. The van der Waals surface area contributed by atoms with E-state index in [1.165, 1.54) is 0 Å². The van der Waals surface area contributed by atoms with E-state index >= 15 is 0 Å². The number of rotatable bonds is 4. The molecule has 0 saturated carbocycles. The van der Waals surface area contributed by atoms with Crippen LogP contribution in [0, 0.1) is 0 Å². The molecule has 2 atom stereocenters. The summed E-state index contributed by atoms with van der Waals surface area (Å²) >= 11 is 0. The van der Waals surface area contributed by atoms with Gasteiger partial charge in [0.1, 0.15) is 5.75 Å². The Kier molecular flexibility index (Phi) is 5.26. The van der Waals surface area contributed by atoms with Crippen LogP contribution < -0.4 is 10.1 Å². The molecule has 164 valence electrons. The first-order valence-electron chi connectivity index (χ1n) is 10.7. The number of hydrogen-bond acceptors (Lipinski definition) is 4. The number of methoxy groups -OCH3 is 1. The highest BCUT2D eigenvalue weighted by atomic mass is 16.5. The minimum Gasteiger partial charge on any atom is -0.497 e. The zero-order valence-corrected chi connectivity index (χ0v) is 18.4. The molecule has 0 fully saturated rings. The van der Waals surface area contributed by atoms with Gasteiger partial charge >= 0.3 is 0 Å². The molecule has 5 rings (SSSR count). The number of para-hydroxylation sites is 1. The molecule has 1 aliphatic rings. The van der Waals surface area contributed by atoms with Crippen LogP contribution in [0.2, 0.25) is 0 Å². The second-order valence-electron chi connectivity index (χ2n) is 8.10. The van der Waals surface area contributed by atoms with Gasteiger partial charge in [-0.3, -0.25) is 14.6 Å². The zero-order valence-electron chi connectivity index (χ0n) is 18.4. The van der Waals surface area contributed by atoms with E-state index in [9.17, 15) is 9.59 Å². The van der Waals surface area contributed by atoms with E-state index < -0.39 is 12.0 Å². The van der Waals surface area contributed by atoms with Crippen LogP contribution in [0.3, 0.4) is 0 Å². The Bertz CT molecular complexity index is 1350. The molecule has 0 bridgehead atoms. The van der Waals surface area contributed by atoms with Gasteiger partial charge in [-0.2, -0.15) is 0 Å². The summed E-state index contributed by atoms with van der Waals surface area (Å²) in [5.74, 6) is -0.182. The van der Waals surface area contributed by atoms with Crippen molar-refractivity contribution in [1.29, 1.82) is 0 Å². The van der Waals surface area contributed by atoms with E-state index in [1.807, 2.05) is 72.8 Å². The molecule has 1 aromatic heterocycles. The molecule has 6 heteroatoms. The number of carbonyl (C=O) groups is 2. The van der Waals surface area contributed by atoms with Gasteiger partial charge in [-0.25, -0.2) is 0 Å². The van der Waals surface area contributed by atoms with Crippen molar-refractivity contribution in [2.45, 2.75) is 12.0 Å². The predicted octanol–water partition coefficient (Wildman–Crippen LogP) is 4.79. The number of hydrogen-bond donors (Lipinski definition) is 1. The van der Waals surface area contributed by atoms with E-state index in [-0.39, 0.29) is 11.8 Å². The quantitative estimate of drug-likeness (QED) is 0.498. The van der Waals surface area contributed by atoms with Crippen molar-refractivity contribution >= 4 is 28.4 Å². The number of aromatic nitrogens is 1. The maximum atomic E-state index is 13.7. The Labute approximate surface area is 191 Å². The summed E-state index contributed by atoms with van der Waals surface area (Å²) in [6, 6.07) is 24.0. The lowest BCUT2D eigenvalue weighted by molar-refractivity contribution is -0.119. The third kappa shape index (κ3) is 3.69. The number of ether oxygens (including phenoxy) is 1. The number of likely N-dealkylation sites (N-methyl/N-ethyl adjacent to an activating group) is 1. The number of benzene rings is 3. The van der Waals surface area contributed by atoms with E-state index in [2.05, 4.69) is 10.3 Å². The van der Waals surface area contributed by atoms with Crippen LogP contribution in [-0.2, 0) is 4.79 Å². The second-order valence-corrected chi connectivity index (χ2v) is 8.10. The largest absolute Gasteiger partial charge is 0.497 e. The normalized spacial score (nSPS) is 17.5. The lowest BCUT2D eigenvalue weighted by Gasteiger charge is -2.39. The average Bonchev–Trinajstić information content (AvgIpc) is 2.86. The van der Waals surface area contributed by atoms with Gasteiger partial charge in [0.05, 0.1) is 36.5 Å². The highest BCUT2D eigenvalue weighted by molar-refractivity contribution is 6.04. The highest BCUT2D eigenvalue weighted by Crippen LogP contribution is 2.42. The van der Waals surface area contributed by atoms with Crippen LogP contribution in [0.4, 0.5) is 5.69 Å². The third-order valence-electron chi connectivity index (χ3n) is 6.18. The fraction of sp³-hybridized carbons (Fsp3) is 0.148. The van der Waals surface area contributed by atoms with Crippen molar-refractivity contribution in [3.8, 4) is 5.75 Å². The van der Waals surface area contributed by atoms with E-state index in [4.69, 9.17) is 4.74 Å². The molecule has 33 heavy (non-hydrogen) atoms. The Morgan fingerprint density at radius 2 is 1.73 bits per heavy atom. The summed E-state index contributed by atoms with van der Waals surface area (Å²) in [6.45, 7) is 0. The van der Waals surface area contributed by atoms with Crippen LogP contribution in [0.15, 0.2) is 85.1 Å². The maximum Gasteiger partial charge on any atom is 0.254 e. The van der Waals surface area contributed by atoms with Gasteiger partial charge < -0.3 is 15.0 Å². The number of pyridine rings is 1. The Morgan fingerprint density at radius 1 is 1.00 bits per heavy atom. The van der Waals surface area contributed by atoms with Gasteiger partial charge in [0.15, 0.2) is 0 Å². The first-order valence-corrected chi connectivity index (χ1v) is 10.7. The fourth-order valence-corrected chi connectivity index (χ4v) is 4.53. The van der Waals surface area contributed by atoms with Gasteiger partial charge in [0.2, 0.25) is 5.91 Å². The van der Waals surface area contributed by atoms with Gasteiger partial charge in [0, 0.05) is 18.0 Å². The van der Waals surface area contributed by atoms with Crippen molar-refractivity contribution in [2.24, 2.45) is 0 Å². The Morgan fingerprint density at radius 3 is 2.52 bits per heavy atom. The molecule has 0 radical (unpaired) electrons. The molecule has 2 heterocycles. The van der Waals surface area contributed by atoms with Crippen LogP contribution in [0.5, 0.6) is 5.75 Å². The van der Waals surface area contributed by atoms with Gasteiger partial charge in [-0.1, -0.05) is 48.5 Å². The van der Waals surface area contributed by atoms with Crippen molar-refractivity contribution in [3.63, 3.8) is 0 Å². The van der Waals surface area contributed by atoms with Crippen LogP contribution >= 0.6 is 0 Å². The van der Waals surface area contributed by atoms with Crippen molar-refractivity contribution < 1.29 is 14.3 Å². The summed E-state index contributed by atoms with van der Waals surface area (Å²) in [7, 11) is 3.35. The van der Waals surface area contributed by atoms with Crippen molar-refractivity contribution in [3.05, 3.63) is 102 Å². The van der Waals surface area contributed by atoms with Gasteiger partial charge in [-0.05, 0) is 41.5 Å². The number of fused-ring (bicyclic) bond motifs is 2. The van der Waals surface area contributed by atoms with E-state index in [1.54, 1.807) is 31.3 Å². The highest BCUT2D eigenvalue weighted by Gasteiger charge is 2.42. The van der Waals surface area contributed by atoms with Crippen LogP contribution in [-0.4, -0.2) is 35.9 Å². The first-order chi connectivity index (χ1) is 16.1. The lowest BCUT2D eigenvalue weighted by atomic mass is 9.79. The second kappa shape index (κ2) is 8.39. The molecule has 1 aliphatic heterocycles. The summed E-state index contributed by atoms with van der Waals surface area (Å²) in [5, 5.41) is 3.98. The van der Waals surface area contributed by atoms with Gasteiger partial charge in [0.25, 0.3) is 5.91 Å². The van der Waals surface area contributed by atoms with Crippen LogP contribution in [0.1, 0.15) is 33.4 Å². The summed E-state index contributed by atoms with van der Waals surface area (Å²) in [6.07, 6.45) is 1.66. The summed E-state index contributed by atoms with van der Waals surface area (Å²) < 4.78 is 5.28. The third-order valence-corrected chi connectivity index (χ3v) is 6.18. The number of nitrogens with zero attached hydrogens (tertiary/aromatic N) is 2. The first kappa shape index (κ1) is 20.7. The SMILES string of the molecule is COc1ccc([C@@H]2[C@@H](C(=O)Nc3cnc4ccccc4c3)c3ccccc3C(=O)N2C)cc1. The molecule has 3 aromatic carbocycles. The minimum atomic E-state index is -0.594. The molecule has 1 N–H and O–H groups in total. The molecular formula is C27H23N3O3. The Balaban J connectivity index is 1.57. The maximum absolute atomic E-state index is 13.7. The fourth-order valence-electron chi connectivity index (χ4n) is 4.53. The van der Waals surface area contributed by atoms with Crippen molar-refractivity contribution in [1.82, 2.24) is 9.88 Å². The lowest BCUT2D eigenvalue weighted by Crippen LogP contribution is -2.44.